The highest BCUT2D eigenvalue weighted by Crippen LogP contribution is 2.24. The second-order valence-electron chi connectivity index (χ2n) is 6.33. The number of ether oxygens (including phenoxy) is 1. The zero-order chi connectivity index (χ0) is 18.7. The normalized spacial score (nSPS) is 22.0. The monoisotopic (exact) mass is 381 g/mol. The Hall–Kier alpha value is -1.42. The number of halogens is 3. The smallest absolute Gasteiger partial charge is 0.390 e. The van der Waals surface area contributed by atoms with Gasteiger partial charge in [0.25, 0.3) is 0 Å². The van der Waals surface area contributed by atoms with Gasteiger partial charge in [0.15, 0.2) is 0 Å². The maximum absolute atomic E-state index is 12.2. The summed E-state index contributed by atoms with van der Waals surface area (Å²) in [6.45, 7) is 3.68. The minimum atomic E-state index is -4.48. The molecular formula is C15H22F3N3O3S. The van der Waals surface area contributed by atoms with Crippen molar-refractivity contribution in [1.29, 1.82) is 0 Å². The average molecular weight is 381 g/mol. The zero-order valence-corrected chi connectivity index (χ0v) is 15.0. The van der Waals surface area contributed by atoms with E-state index < -0.39 is 28.4 Å². The van der Waals surface area contributed by atoms with Gasteiger partial charge < -0.3 is 4.74 Å². The highest BCUT2D eigenvalue weighted by atomic mass is 32.2. The summed E-state index contributed by atoms with van der Waals surface area (Å²) in [6.07, 6.45) is -3.78. The number of hydrogen-bond donors (Lipinski definition) is 1. The SMILES string of the molecule is Cc1cc(C)nc(OC2CCC(NS(=O)(=O)CCC(F)(F)F)CC2)n1. The summed E-state index contributed by atoms with van der Waals surface area (Å²) in [4.78, 5) is 8.41. The number of alkyl halides is 3. The van der Waals surface area contributed by atoms with E-state index in [0.29, 0.717) is 31.7 Å². The molecule has 0 bridgehead atoms. The molecule has 0 unspecified atom stereocenters. The quantitative estimate of drug-likeness (QED) is 0.819. The Bertz CT molecular complexity index is 667. The van der Waals surface area contributed by atoms with Crippen LogP contribution in [0.1, 0.15) is 43.5 Å². The third kappa shape index (κ3) is 7.15. The van der Waals surface area contributed by atoms with Crippen LogP contribution >= 0.6 is 0 Å². The first kappa shape index (κ1) is 19.9. The molecule has 10 heteroatoms. The van der Waals surface area contributed by atoms with Crippen LogP contribution in [0.3, 0.4) is 0 Å². The number of aryl methyl sites for hydroxylation is 2. The number of sulfonamides is 1. The van der Waals surface area contributed by atoms with Crippen molar-refractivity contribution in [2.24, 2.45) is 0 Å². The van der Waals surface area contributed by atoms with Gasteiger partial charge in [0.2, 0.25) is 10.0 Å². The van der Waals surface area contributed by atoms with Crippen LogP contribution < -0.4 is 9.46 Å². The van der Waals surface area contributed by atoms with Crippen molar-refractivity contribution in [2.45, 2.75) is 64.3 Å². The fourth-order valence-electron chi connectivity index (χ4n) is 2.76. The Kier molecular flexibility index (Phi) is 6.26. The van der Waals surface area contributed by atoms with Gasteiger partial charge in [-0.25, -0.2) is 23.1 Å². The van der Waals surface area contributed by atoms with Gasteiger partial charge in [0.1, 0.15) is 6.10 Å². The maximum Gasteiger partial charge on any atom is 0.390 e. The van der Waals surface area contributed by atoms with Gasteiger partial charge in [-0.2, -0.15) is 13.2 Å². The first-order valence-corrected chi connectivity index (χ1v) is 9.73. The molecule has 2 rings (SSSR count). The molecule has 0 atom stereocenters. The minimum absolute atomic E-state index is 0.128. The molecule has 1 fully saturated rings. The van der Waals surface area contributed by atoms with E-state index in [9.17, 15) is 21.6 Å². The van der Waals surface area contributed by atoms with E-state index in [1.807, 2.05) is 19.9 Å². The van der Waals surface area contributed by atoms with E-state index >= 15 is 0 Å². The first-order chi connectivity index (χ1) is 11.5. The van der Waals surface area contributed by atoms with Crippen LogP contribution in [-0.2, 0) is 10.0 Å². The second kappa shape index (κ2) is 7.86. The highest BCUT2D eigenvalue weighted by molar-refractivity contribution is 7.89. The largest absolute Gasteiger partial charge is 0.460 e. The summed E-state index contributed by atoms with van der Waals surface area (Å²) in [5.41, 5.74) is 1.60. The van der Waals surface area contributed by atoms with Crippen molar-refractivity contribution in [2.75, 3.05) is 5.75 Å². The van der Waals surface area contributed by atoms with Gasteiger partial charge in [-0.05, 0) is 45.6 Å². The van der Waals surface area contributed by atoms with E-state index in [1.54, 1.807) is 0 Å². The Labute approximate surface area is 145 Å². The van der Waals surface area contributed by atoms with Gasteiger partial charge in [0, 0.05) is 17.4 Å². The molecule has 0 aromatic carbocycles. The molecule has 0 aliphatic heterocycles. The van der Waals surface area contributed by atoms with Crippen molar-refractivity contribution < 1.29 is 26.3 Å². The molecule has 0 amide bonds. The van der Waals surface area contributed by atoms with E-state index in [0.717, 1.165) is 11.4 Å². The fourth-order valence-corrected chi connectivity index (χ4v) is 4.12. The van der Waals surface area contributed by atoms with Crippen molar-refractivity contribution in [3.05, 3.63) is 17.5 Å². The second-order valence-corrected chi connectivity index (χ2v) is 8.20. The number of nitrogens with zero attached hydrogens (tertiary/aromatic N) is 2. The predicted octanol–water partition coefficient (Wildman–Crippen LogP) is 2.66. The Morgan fingerprint density at radius 1 is 1.16 bits per heavy atom. The topological polar surface area (TPSA) is 81.2 Å². The maximum atomic E-state index is 12.2. The Morgan fingerprint density at radius 2 is 1.72 bits per heavy atom. The van der Waals surface area contributed by atoms with E-state index in [4.69, 9.17) is 4.74 Å². The molecule has 1 aliphatic carbocycles. The van der Waals surface area contributed by atoms with E-state index in [-0.39, 0.29) is 12.1 Å². The number of nitrogens with one attached hydrogen (secondary N) is 1. The van der Waals surface area contributed by atoms with Gasteiger partial charge in [-0.3, -0.25) is 0 Å². The van der Waals surface area contributed by atoms with Crippen LogP contribution in [0.15, 0.2) is 6.07 Å². The minimum Gasteiger partial charge on any atom is -0.460 e. The van der Waals surface area contributed by atoms with E-state index in [2.05, 4.69) is 14.7 Å². The van der Waals surface area contributed by atoms with Crippen molar-refractivity contribution in [3.63, 3.8) is 0 Å². The van der Waals surface area contributed by atoms with Gasteiger partial charge >= 0.3 is 12.2 Å². The standard InChI is InChI=1S/C15H22F3N3O3S/c1-10-9-11(2)20-14(19-10)24-13-5-3-12(4-6-13)21-25(22,23)8-7-15(16,17)18/h9,12-13,21H,3-8H2,1-2H3. The third-order valence-corrected chi connectivity index (χ3v) is 5.34. The molecule has 0 spiro atoms. The van der Waals surface area contributed by atoms with Crippen LogP contribution in [-0.4, -0.2) is 42.5 Å². The summed E-state index contributed by atoms with van der Waals surface area (Å²) in [7, 11) is -3.94. The lowest BCUT2D eigenvalue weighted by Gasteiger charge is -2.28. The van der Waals surface area contributed by atoms with Crippen molar-refractivity contribution in [1.82, 2.24) is 14.7 Å². The molecule has 142 valence electrons. The molecule has 25 heavy (non-hydrogen) atoms. The molecule has 1 N–H and O–H groups in total. The van der Waals surface area contributed by atoms with Crippen LogP contribution in [0.2, 0.25) is 0 Å². The van der Waals surface area contributed by atoms with Crippen LogP contribution in [0.4, 0.5) is 13.2 Å². The molecule has 1 saturated carbocycles. The zero-order valence-electron chi connectivity index (χ0n) is 14.1. The Balaban J connectivity index is 1.81. The van der Waals surface area contributed by atoms with E-state index in [1.165, 1.54) is 0 Å². The summed E-state index contributed by atoms with van der Waals surface area (Å²) >= 11 is 0. The molecule has 1 aromatic heterocycles. The number of rotatable bonds is 6. The average Bonchev–Trinajstić information content (AvgIpc) is 2.45. The summed E-state index contributed by atoms with van der Waals surface area (Å²) < 4.78 is 68.0. The fraction of sp³-hybridized carbons (Fsp3) is 0.733. The van der Waals surface area contributed by atoms with Crippen LogP contribution in [0, 0.1) is 13.8 Å². The van der Waals surface area contributed by atoms with Gasteiger partial charge in [-0.1, -0.05) is 0 Å². The van der Waals surface area contributed by atoms with Crippen molar-refractivity contribution >= 4 is 10.0 Å². The van der Waals surface area contributed by atoms with Crippen molar-refractivity contribution in [3.8, 4) is 6.01 Å². The number of aromatic nitrogens is 2. The van der Waals surface area contributed by atoms with Crippen LogP contribution in [0.25, 0.3) is 0 Å². The van der Waals surface area contributed by atoms with Gasteiger partial charge in [-0.15, -0.1) is 0 Å². The molecule has 1 aromatic rings. The number of hydrogen-bond acceptors (Lipinski definition) is 5. The highest BCUT2D eigenvalue weighted by Gasteiger charge is 2.32. The first-order valence-electron chi connectivity index (χ1n) is 8.08. The summed E-state index contributed by atoms with van der Waals surface area (Å²) in [5.74, 6) is -0.941. The lowest BCUT2D eigenvalue weighted by molar-refractivity contribution is -0.130. The molecule has 1 heterocycles. The lowest BCUT2D eigenvalue weighted by atomic mass is 9.94. The molecule has 1 aliphatic rings. The molecule has 0 saturated heterocycles. The van der Waals surface area contributed by atoms with Gasteiger partial charge in [0.05, 0.1) is 12.2 Å². The Morgan fingerprint density at radius 3 is 2.24 bits per heavy atom. The lowest BCUT2D eigenvalue weighted by Crippen LogP contribution is -2.41. The summed E-state index contributed by atoms with van der Waals surface area (Å²) in [6, 6.07) is 1.77. The summed E-state index contributed by atoms with van der Waals surface area (Å²) in [5, 5.41) is 0. The molecule has 6 nitrogen and oxygen atoms in total. The third-order valence-electron chi connectivity index (χ3n) is 3.91. The molecule has 0 radical (unpaired) electrons. The molecular weight excluding hydrogens is 359 g/mol. The predicted molar refractivity (Wildman–Crippen MR) is 85.8 cm³/mol. The van der Waals surface area contributed by atoms with Crippen LogP contribution in [0.5, 0.6) is 6.01 Å².